The first-order valence-electron chi connectivity index (χ1n) is 6.76. The zero-order chi connectivity index (χ0) is 14.7. The maximum atomic E-state index is 12.7. The molecule has 0 fully saturated rings. The number of rotatable bonds is 5. The highest BCUT2D eigenvalue weighted by Crippen LogP contribution is 2.28. The lowest BCUT2D eigenvalue weighted by Crippen LogP contribution is -2.19. The van der Waals surface area contributed by atoms with Gasteiger partial charge in [-0.3, -0.25) is 4.79 Å². The molecule has 7 nitrogen and oxygen atoms in total. The van der Waals surface area contributed by atoms with E-state index in [9.17, 15) is 4.79 Å². The average molecular weight is 285 g/mol. The van der Waals surface area contributed by atoms with Gasteiger partial charge < -0.3 is 9.30 Å². The Balaban J connectivity index is 2.16. The molecule has 2 heterocycles. The summed E-state index contributed by atoms with van der Waals surface area (Å²) in [4.78, 5) is 12.7. The first-order valence-corrected chi connectivity index (χ1v) is 6.76. The summed E-state index contributed by atoms with van der Waals surface area (Å²) in [6, 6.07) is 9.50. The van der Waals surface area contributed by atoms with Gasteiger partial charge in [0.25, 0.3) is 5.56 Å². The van der Waals surface area contributed by atoms with Gasteiger partial charge in [0, 0.05) is 18.7 Å². The molecule has 108 valence electrons. The Morgan fingerprint density at radius 3 is 2.90 bits per heavy atom. The largest absolute Gasteiger partial charge is 0.380 e. The lowest BCUT2D eigenvalue weighted by molar-refractivity contribution is 0.139. The molecular formula is C14H15N5O2. The molecule has 0 saturated carbocycles. The third-order valence-electron chi connectivity index (χ3n) is 3.27. The zero-order valence-electron chi connectivity index (χ0n) is 11.6. The molecule has 0 radical (unpaired) electrons. The second kappa shape index (κ2) is 5.84. The summed E-state index contributed by atoms with van der Waals surface area (Å²) in [7, 11) is 0. The first kappa shape index (κ1) is 13.4. The van der Waals surface area contributed by atoms with E-state index in [2.05, 4.69) is 20.6 Å². The molecule has 1 aromatic rings. The summed E-state index contributed by atoms with van der Waals surface area (Å²) in [6.07, 6.45) is 0. The molecule has 0 aromatic carbocycles. The highest BCUT2D eigenvalue weighted by atomic mass is 16.5. The van der Waals surface area contributed by atoms with Gasteiger partial charge in [0.15, 0.2) is 0 Å². The van der Waals surface area contributed by atoms with Crippen LogP contribution in [0.2, 0.25) is 0 Å². The molecule has 0 bridgehead atoms. The van der Waals surface area contributed by atoms with Crippen LogP contribution in [0, 0.1) is 0 Å². The van der Waals surface area contributed by atoms with Gasteiger partial charge in [-0.05, 0) is 18.2 Å². The molecule has 1 aliphatic carbocycles. The number of fused-ring (bicyclic) bond motifs is 1. The van der Waals surface area contributed by atoms with Crippen molar-refractivity contribution in [2.45, 2.75) is 13.5 Å². The van der Waals surface area contributed by atoms with Gasteiger partial charge >= 0.3 is 0 Å². The number of H-pyrrole nitrogens is 1. The Morgan fingerprint density at radius 2 is 2.14 bits per heavy atom. The highest BCUT2D eigenvalue weighted by Gasteiger charge is 2.23. The van der Waals surface area contributed by atoms with Crippen LogP contribution in [0.1, 0.15) is 6.92 Å². The molecule has 1 N–H and O–H groups in total. The normalized spacial score (nSPS) is 11.1. The summed E-state index contributed by atoms with van der Waals surface area (Å²) < 4.78 is 7.05. The molecule has 7 heteroatoms. The molecule has 0 amide bonds. The van der Waals surface area contributed by atoms with Crippen LogP contribution < -0.4 is 5.56 Å². The molecule has 0 saturated heterocycles. The van der Waals surface area contributed by atoms with Crippen LogP contribution in [0.4, 0.5) is 0 Å². The van der Waals surface area contributed by atoms with Crippen molar-refractivity contribution in [1.82, 2.24) is 25.2 Å². The van der Waals surface area contributed by atoms with Crippen LogP contribution >= 0.6 is 0 Å². The van der Waals surface area contributed by atoms with Crippen LogP contribution in [0.25, 0.3) is 22.6 Å². The van der Waals surface area contributed by atoms with E-state index in [0.29, 0.717) is 31.1 Å². The Bertz CT molecular complexity index is 751. The van der Waals surface area contributed by atoms with Crippen molar-refractivity contribution in [3.05, 3.63) is 40.7 Å². The molecule has 0 spiro atoms. The van der Waals surface area contributed by atoms with Gasteiger partial charge in [0.05, 0.1) is 17.9 Å². The number of hydrogen-bond acceptors (Lipinski definition) is 5. The maximum absolute atomic E-state index is 12.7. The monoisotopic (exact) mass is 285 g/mol. The van der Waals surface area contributed by atoms with Crippen molar-refractivity contribution >= 4 is 0 Å². The molecule has 0 atom stereocenters. The van der Waals surface area contributed by atoms with Crippen LogP contribution in [-0.2, 0) is 11.3 Å². The Kier molecular flexibility index (Phi) is 3.74. The van der Waals surface area contributed by atoms with E-state index in [-0.39, 0.29) is 5.56 Å². The molecular weight excluding hydrogens is 270 g/mol. The number of tetrazole rings is 1. The molecule has 1 aromatic heterocycles. The lowest BCUT2D eigenvalue weighted by atomic mass is 10.1. The van der Waals surface area contributed by atoms with Crippen molar-refractivity contribution in [2.75, 3.05) is 13.2 Å². The minimum atomic E-state index is -0.127. The Morgan fingerprint density at radius 1 is 1.29 bits per heavy atom. The predicted molar refractivity (Wildman–Crippen MR) is 77.0 cm³/mol. The molecule has 21 heavy (non-hydrogen) atoms. The third kappa shape index (κ3) is 2.43. The average Bonchev–Trinajstić information content (AvgIpc) is 3.00. The van der Waals surface area contributed by atoms with Gasteiger partial charge in [0.1, 0.15) is 0 Å². The third-order valence-corrected chi connectivity index (χ3v) is 3.27. The van der Waals surface area contributed by atoms with E-state index >= 15 is 0 Å². The number of aromatic amines is 1. The predicted octanol–water partition coefficient (Wildman–Crippen LogP) is 1.17. The van der Waals surface area contributed by atoms with Crippen LogP contribution in [0.15, 0.2) is 35.1 Å². The summed E-state index contributed by atoms with van der Waals surface area (Å²) >= 11 is 0. The standard InChI is InChI=1S/C14H15N5O2/c1-2-21-9-8-19-11-7-5-3-4-6-10(11)12(14(19)20)13-15-17-18-16-13/h3-7H,2,8-9H2,1H3,(H,15,16,17,18). The van der Waals surface area contributed by atoms with E-state index in [1.807, 2.05) is 37.3 Å². The van der Waals surface area contributed by atoms with E-state index < -0.39 is 0 Å². The van der Waals surface area contributed by atoms with Gasteiger partial charge in [0.2, 0.25) is 5.82 Å². The number of hydrogen-bond donors (Lipinski definition) is 1. The second-order valence-electron chi connectivity index (χ2n) is 4.47. The fourth-order valence-electron chi connectivity index (χ4n) is 2.35. The summed E-state index contributed by atoms with van der Waals surface area (Å²) in [5, 5.41) is 13.8. The number of nitrogens with one attached hydrogen (secondary N) is 1. The summed E-state index contributed by atoms with van der Waals surface area (Å²) in [5.74, 6) is 0.311. The van der Waals surface area contributed by atoms with Crippen LogP contribution in [0.3, 0.4) is 0 Å². The fraction of sp³-hybridized carbons (Fsp3) is 0.286. The fourth-order valence-corrected chi connectivity index (χ4v) is 2.35. The minimum absolute atomic E-state index is 0.127. The van der Waals surface area contributed by atoms with Gasteiger partial charge in [-0.1, -0.05) is 24.3 Å². The first-order chi connectivity index (χ1) is 10.3. The van der Waals surface area contributed by atoms with Crippen molar-refractivity contribution in [3.63, 3.8) is 0 Å². The van der Waals surface area contributed by atoms with Gasteiger partial charge in [-0.2, -0.15) is 5.21 Å². The van der Waals surface area contributed by atoms with E-state index in [4.69, 9.17) is 4.74 Å². The number of nitrogens with zero attached hydrogens (tertiary/aromatic N) is 4. The van der Waals surface area contributed by atoms with E-state index in [1.54, 1.807) is 4.57 Å². The van der Waals surface area contributed by atoms with Crippen molar-refractivity contribution < 1.29 is 4.74 Å². The number of aromatic nitrogens is 5. The maximum Gasteiger partial charge on any atom is 0.263 e. The van der Waals surface area contributed by atoms with Crippen molar-refractivity contribution in [2.24, 2.45) is 0 Å². The van der Waals surface area contributed by atoms with Gasteiger partial charge in [-0.25, -0.2) is 0 Å². The molecule has 1 aliphatic heterocycles. The highest BCUT2D eigenvalue weighted by molar-refractivity contribution is 5.80. The molecule has 3 rings (SSSR count). The Hall–Kier alpha value is -2.54. The topological polar surface area (TPSA) is 85.7 Å². The van der Waals surface area contributed by atoms with Crippen LogP contribution in [-0.4, -0.2) is 38.4 Å². The van der Waals surface area contributed by atoms with Crippen molar-refractivity contribution in [3.8, 4) is 22.6 Å². The van der Waals surface area contributed by atoms with Gasteiger partial charge in [-0.15, -0.1) is 10.2 Å². The van der Waals surface area contributed by atoms with Crippen LogP contribution in [0.5, 0.6) is 0 Å². The molecule has 2 aliphatic rings. The minimum Gasteiger partial charge on any atom is -0.380 e. The number of ether oxygens (including phenoxy) is 1. The lowest BCUT2D eigenvalue weighted by Gasteiger charge is -2.05. The Labute approximate surface area is 120 Å². The quantitative estimate of drug-likeness (QED) is 0.711. The zero-order valence-corrected chi connectivity index (χ0v) is 11.6. The SMILES string of the molecule is CCOCCn1c2cccccc-2c(-c2nn[nH]n2)c1=O. The molecule has 0 unspecified atom stereocenters. The second-order valence-corrected chi connectivity index (χ2v) is 4.47. The smallest absolute Gasteiger partial charge is 0.263 e. The summed E-state index contributed by atoms with van der Waals surface area (Å²) in [6.45, 7) is 3.53. The van der Waals surface area contributed by atoms with E-state index in [1.165, 1.54) is 0 Å². The van der Waals surface area contributed by atoms with Crippen molar-refractivity contribution in [1.29, 1.82) is 0 Å². The van der Waals surface area contributed by atoms with E-state index in [0.717, 1.165) is 11.3 Å². The summed E-state index contributed by atoms with van der Waals surface area (Å²) in [5.41, 5.74) is 1.98.